The van der Waals surface area contributed by atoms with Gasteiger partial charge in [-0.25, -0.2) is 13.4 Å². The minimum absolute atomic E-state index is 0.0834. The summed E-state index contributed by atoms with van der Waals surface area (Å²) in [5.41, 5.74) is -2.30. The van der Waals surface area contributed by atoms with Gasteiger partial charge in [0.25, 0.3) is 0 Å². The predicted molar refractivity (Wildman–Crippen MR) is 183 cm³/mol. The average molecular weight is 775 g/mol. The summed E-state index contributed by atoms with van der Waals surface area (Å²) >= 11 is 6.44. The standard InChI is InChI=1S/C32H44ClN4O12PS/c1-31(2,3)29(40)45-14-47-50(42,48-15-46-30(41)32(4,5)6)16-51(43,44)13-22-24(38)25(39)28(49-22)37-8-7-20-23(21(12-34)26(33)36-27(20)37)35-19-10-17-9-18(17)11-19/h7-8,17-19,22,24-25,28,38-39H,9-11,13-16H2,1-6H3,(H,35,36)/t17?,18?,19?,22-,24-,25-,28-/m1/s1. The second-order valence-electron chi connectivity index (χ2n) is 15.3. The maximum atomic E-state index is 13.7. The molecule has 0 bridgehead atoms. The summed E-state index contributed by atoms with van der Waals surface area (Å²) in [6.45, 7) is 7.53. The number of anilines is 1. The van der Waals surface area contributed by atoms with Crippen LogP contribution in [0.15, 0.2) is 12.3 Å². The van der Waals surface area contributed by atoms with Gasteiger partial charge in [0.2, 0.25) is 13.6 Å². The van der Waals surface area contributed by atoms with E-state index in [4.69, 9.17) is 34.9 Å². The van der Waals surface area contributed by atoms with Crippen molar-refractivity contribution in [1.29, 1.82) is 5.26 Å². The van der Waals surface area contributed by atoms with Gasteiger partial charge >= 0.3 is 19.5 Å². The molecule has 2 saturated carbocycles. The number of carbonyl (C=O) groups is 2. The number of hydrogen-bond acceptors (Lipinski definition) is 15. The zero-order chi connectivity index (χ0) is 37.7. The molecule has 0 radical (unpaired) electrons. The van der Waals surface area contributed by atoms with Crippen LogP contribution in [-0.4, -0.2) is 89.3 Å². The molecule has 1 saturated heterocycles. The molecule has 2 aliphatic carbocycles. The van der Waals surface area contributed by atoms with Crippen molar-refractivity contribution >= 4 is 57.7 Å². The minimum Gasteiger partial charge on any atom is -0.438 e. The molecule has 3 N–H and O–H groups in total. The number of nitrogens with zero attached hydrogens (tertiary/aromatic N) is 3. The van der Waals surface area contributed by atoms with E-state index >= 15 is 0 Å². The zero-order valence-corrected chi connectivity index (χ0v) is 31.7. The van der Waals surface area contributed by atoms with Crippen LogP contribution in [-0.2, 0) is 47.2 Å². The fourth-order valence-electron chi connectivity index (χ4n) is 6.14. The van der Waals surface area contributed by atoms with E-state index in [-0.39, 0.29) is 22.4 Å². The van der Waals surface area contributed by atoms with Gasteiger partial charge in [-0.05, 0) is 78.7 Å². The Hall–Kier alpha value is -2.81. The van der Waals surface area contributed by atoms with Gasteiger partial charge in [0.05, 0.1) is 22.3 Å². The Morgan fingerprint density at radius 3 is 2.16 bits per heavy atom. The van der Waals surface area contributed by atoms with Crippen LogP contribution >= 0.6 is 19.2 Å². The lowest BCUT2D eigenvalue weighted by Crippen LogP contribution is -2.36. The molecule has 2 aromatic heterocycles. The van der Waals surface area contributed by atoms with E-state index in [1.807, 2.05) is 0 Å². The van der Waals surface area contributed by atoms with Gasteiger partial charge in [-0.1, -0.05) is 11.6 Å². The second-order valence-corrected chi connectivity index (χ2v) is 20.3. The maximum absolute atomic E-state index is 13.7. The van der Waals surface area contributed by atoms with Gasteiger partial charge < -0.3 is 34.3 Å². The van der Waals surface area contributed by atoms with Crippen molar-refractivity contribution in [1.82, 2.24) is 9.55 Å². The Morgan fingerprint density at radius 1 is 1.06 bits per heavy atom. The lowest BCUT2D eigenvalue weighted by atomic mass is 9.98. The minimum atomic E-state index is -4.68. The number of esters is 2. The van der Waals surface area contributed by atoms with Gasteiger partial charge in [0, 0.05) is 17.6 Å². The molecule has 3 fully saturated rings. The average Bonchev–Trinajstić information content (AvgIpc) is 3.28. The van der Waals surface area contributed by atoms with Crippen molar-refractivity contribution in [2.75, 3.05) is 30.1 Å². The molecule has 19 heteroatoms. The van der Waals surface area contributed by atoms with Crippen LogP contribution in [0.25, 0.3) is 11.0 Å². The van der Waals surface area contributed by atoms with Gasteiger partial charge in [-0.15, -0.1) is 0 Å². The molecule has 16 nitrogen and oxygen atoms in total. The molecule has 1 aliphatic heterocycles. The van der Waals surface area contributed by atoms with Crippen LogP contribution in [0.5, 0.6) is 0 Å². The number of carbonyl (C=O) groups excluding carboxylic acids is 2. The Labute approximate surface area is 301 Å². The van der Waals surface area contributed by atoms with E-state index in [2.05, 4.69) is 16.4 Å². The third-order valence-electron chi connectivity index (χ3n) is 9.01. The number of ether oxygens (including phenoxy) is 3. The van der Waals surface area contributed by atoms with Crippen LogP contribution in [0.1, 0.15) is 72.6 Å². The highest BCUT2D eigenvalue weighted by molar-refractivity contribution is 7.97. The quantitative estimate of drug-likeness (QED) is 0.113. The number of nitrogens with one attached hydrogen (secondary N) is 1. The van der Waals surface area contributed by atoms with Gasteiger partial charge in [-0.2, -0.15) is 5.26 Å². The molecule has 0 spiro atoms. The number of aliphatic hydroxyl groups excluding tert-OH is 2. The van der Waals surface area contributed by atoms with Crippen molar-refractivity contribution in [2.24, 2.45) is 22.7 Å². The number of aliphatic hydroxyl groups is 2. The number of sulfone groups is 1. The third-order valence-corrected chi connectivity index (χ3v) is 14.0. The van der Waals surface area contributed by atoms with Gasteiger partial charge in [0.1, 0.15) is 35.6 Å². The highest BCUT2D eigenvalue weighted by atomic mass is 35.5. The Kier molecular flexibility index (Phi) is 11.2. The molecule has 2 unspecified atom stereocenters. The summed E-state index contributed by atoms with van der Waals surface area (Å²) in [5.74, 6) is -1.05. The van der Waals surface area contributed by atoms with E-state index in [1.54, 1.807) is 47.6 Å². The Morgan fingerprint density at radius 2 is 1.63 bits per heavy atom. The largest absolute Gasteiger partial charge is 0.438 e. The first-order valence-electron chi connectivity index (χ1n) is 16.4. The lowest BCUT2D eigenvalue weighted by molar-refractivity contribution is -0.161. The zero-order valence-electron chi connectivity index (χ0n) is 29.2. The van der Waals surface area contributed by atoms with Crippen molar-refractivity contribution in [3.05, 3.63) is 23.0 Å². The Balaban J connectivity index is 1.31. The van der Waals surface area contributed by atoms with E-state index in [9.17, 15) is 38.0 Å². The molecule has 5 rings (SSSR count). The number of hydrogen-bond donors (Lipinski definition) is 3. The second kappa shape index (κ2) is 14.5. The van der Waals surface area contributed by atoms with Crippen LogP contribution < -0.4 is 5.32 Å². The molecule has 51 heavy (non-hydrogen) atoms. The highest BCUT2D eigenvalue weighted by Crippen LogP contribution is 2.53. The van der Waals surface area contributed by atoms with Gasteiger partial charge in [0.15, 0.2) is 26.7 Å². The summed E-state index contributed by atoms with van der Waals surface area (Å²) in [6, 6.07) is 3.91. The summed E-state index contributed by atoms with van der Waals surface area (Å²) in [6.07, 6.45) is -1.53. The van der Waals surface area contributed by atoms with Crippen LogP contribution in [0.3, 0.4) is 0 Å². The number of rotatable bonds is 13. The normalized spacial score (nSPS) is 26.5. The maximum Gasteiger partial charge on any atom is 0.351 e. The van der Waals surface area contributed by atoms with E-state index < -0.39 is 89.6 Å². The number of fused-ring (bicyclic) bond motifs is 2. The Bertz CT molecular complexity index is 1820. The molecular weight excluding hydrogens is 731 g/mol. The summed E-state index contributed by atoms with van der Waals surface area (Å²) < 4.78 is 68.0. The smallest absolute Gasteiger partial charge is 0.351 e. The van der Waals surface area contributed by atoms with E-state index in [0.29, 0.717) is 22.9 Å². The van der Waals surface area contributed by atoms with Crippen molar-refractivity contribution in [3.63, 3.8) is 0 Å². The third kappa shape index (κ3) is 9.05. The van der Waals surface area contributed by atoms with Crippen LogP contribution in [0.4, 0.5) is 5.69 Å². The van der Waals surface area contributed by atoms with E-state index in [1.165, 1.54) is 17.2 Å². The predicted octanol–water partition coefficient (Wildman–Crippen LogP) is 4.08. The lowest BCUT2D eigenvalue weighted by Gasteiger charge is -2.22. The SMILES string of the molecule is CC(C)(C)C(=O)OCOP(=O)(CS(=O)(=O)C[C@H]1O[C@@H](n2ccc3c(NC4CC5CC5C4)c(C#N)c(Cl)nc32)[C@H](O)[C@@H]1O)OCOC(=O)C(C)(C)C. The molecule has 2 aromatic rings. The van der Waals surface area contributed by atoms with E-state index in [0.717, 1.165) is 12.8 Å². The van der Waals surface area contributed by atoms with Crippen molar-refractivity contribution in [3.8, 4) is 6.07 Å². The molecule has 3 heterocycles. The fourth-order valence-corrected chi connectivity index (χ4v) is 10.6. The van der Waals surface area contributed by atoms with Crippen molar-refractivity contribution in [2.45, 2.75) is 91.4 Å². The van der Waals surface area contributed by atoms with Crippen LogP contribution in [0, 0.1) is 34.0 Å². The molecule has 3 aliphatic rings. The molecule has 6 atom stereocenters. The van der Waals surface area contributed by atoms with Gasteiger partial charge in [-0.3, -0.25) is 23.2 Å². The first kappa shape index (κ1) is 39.4. The molecule has 282 valence electrons. The highest BCUT2D eigenvalue weighted by Gasteiger charge is 2.48. The topological polar surface area (TPSA) is 226 Å². The fraction of sp³-hybridized carbons (Fsp3) is 0.688. The summed E-state index contributed by atoms with van der Waals surface area (Å²) in [7, 11) is -9.18. The number of aromatic nitrogens is 2. The monoisotopic (exact) mass is 774 g/mol. The molecule has 0 amide bonds. The molecule has 0 aromatic carbocycles. The number of halogens is 1. The van der Waals surface area contributed by atoms with Crippen LogP contribution in [0.2, 0.25) is 5.15 Å². The first-order valence-corrected chi connectivity index (χ1v) is 20.4. The number of pyridine rings is 1. The summed E-state index contributed by atoms with van der Waals surface area (Å²) in [4.78, 5) is 28.8. The number of nitriles is 1. The summed E-state index contributed by atoms with van der Waals surface area (Å²) in [5, 5.41) is 35.7. The first-order chi connectivity index (χ1) is 23.6. The molecular formula is C32H44ClN4O12PS. The van der Waals surface area contributed by atoms with Crippen molar-refractivity contribution < 1.29 is 56.0 Å².